The second-order valence-electron chi connectivity index (χ2n) is 1.86. The summed E-state index contributed by atoms with van der Waals surface area (Å²) >= 11 is 3.30. The third kappa shape index (κ3) is 1.16. The van der Waals surface area contributed by atoms with E-state index in [1.807, 2.05) is 6.92 Å². The third-order valence-corrected chi connectivity index (χ3v) is 1.84. The van der Waals surface area contributed by atoms with Crippen LogP contribution in [0.3, 0.4) is 0 Å². The Morgan fingerprint density at radius 1 is 1.70 bits per heavy atom. The van der Waals surface area contributed by atoms with Crippen LogP contribution in [-0.2, 0) is 5.33 Å². The zero-order valence-corrected chi connectivity index (χ0v) is 7.43. The second kappa shape index (κ2) is 3.05. The first-order valence-corrected chi connectivity index (χ1v) is 3.96. The SMILES string of the molecule is COc1noc(C)c1CBr. The molecule has 0 bridgehead atoms. The lowest BCUT2D eigenvalue weighted by Gasteiger charge is -1.93. The minimum Gasteiger partial charge on any atom is -0.479 e. The summed E-state index contributed by atoms with van der Waals surface area (Å²) in [6.45, 7) is 1.85. The van der Waals surface area contributed by atoms with Crippen molar-refractivity contribution >= 4 is 15.9 Å². The maximum Gasteiger partial charge on any atom is 0.258 e. The van der Waals surface area contributed by atoms with Gasteiger partial charge in [-0.2, -0.15) is 0 Å². The molecule has 1 heterocycles. The van der Waals surface area contributed by atoms with E-state index in [4.69, 9.17) is 9.26 Å². The molecule has 0 radical (unpaired) electrons. The average Bonchev–Trinajstić information content (AvgIpc) is 2.30. The van der Waals surface area contributed by atoms with Crippen LogP contribution in [0.2, 0.25) is 0 Å². The molecule has 0 fully saturated rings. The molecule has 56 valence electrons. The largest absolute Gasteiger partial charge is 0.479 e. The quantitative estimate of drug-likeness (QED) is 0.693. The molecule has 0 saturated carbocycles. The Morgan fingerprint density at radius 2 is 2.40 bits per heavy atom. The van der Waals surface area contributed by atoms with Crippen molar-refractivity contribution in [2.45, 2.75) is 12.3 Å². The van der Waals surface area contributed by atoms with Crippen molar-refractivity contribution in [3.05, 3.63) is 11.3 Å². The van der Waals surface area contributed by atoms with Crippen LogP contribution in [0.5, 0.6) is 5.88 Å². The molecule has 0 N–H and O–H groups in total. The molecule has 10 heavy (non-hydrogen) atoms. The summed E-state index contributed by atoms with van der Waals surface area (Å²) in [6, 6.07) is 0. The lowest BCUT2D eigenvalue weighted by Crippen LogP contribution is -1.86. The molecule has 1 aromatic heterocycles. The zero-order valence-electron chi connectivity index (χ0n) is 5.85. The van der Waals surface area contributed by atoms with Crippen LogP contribution in [0.1, 0.15) is 11.3 Å². The number of hydrogen-bond donors (Lipinski definition) is 0. The Bertz CT molecular complexity index is 222. The van der Waals surface area contributed by atoms with E-state index in [0.717, 1.165) is 11.3 Å². The van der Waals surface area contributed by atoms with Crippen molar-refractivity contribution in [3.63, 3.8) is 0 Å². The van der Waals surface area contributed by atoms with Crippen molar-refractivity contribution in [1.29, 1.82) is 0 Å². The van der Waals surface area contributed by atoms with Gasteiger partial charge in [-0.25, -0.2) is 0 Å². The summed E-state index contributed by atoms with van der Waals surface area (Å²) in [5, 5.41) is 4.39. The highest BCUT2D eigenvalue weighted by Gasteiger charge is 2.10. The molecule has 0 unspecified atom stereocenters. The topological polar surface area (TPSA) is 35.3 Å². The molecule has 1 aromatic rings. The first-order valence-electron chi connectivity index (χ1n) is 2.84. The smallest absolute Gasteiger partial charge is 0.258 e. The molecular weight excluding hydrogens is 198 g/mol. The zero-order chi connectivity index (χ0) is 7.56. The van der Waals surface area contributed by atoms with Gasteiger partial charge in [0.2, 0.25) is 0 Å². The van der Waals surface area contributed by atoms with Crippen LogP contribution >= 0.6 is 15.9 Å². The van der Waals surface area contributed by atoms with Gasteiger partial charge < -0.3 is 9.26 Å². The van der Waals surface area contributed by atoms with Crippen molar-refractivity contribution in [2.24, 2.45) is 0 Å². The molecule has 4 heteroatoms. The van der Waals surface area contributed by atoms with Gasteiger partial charge in [-0.15, -0.1) is 0 Å². The Labute approximate surface area is 67.5 Å². The highest BCUT2D eigenvalue weighted by atomic mass is 79.9. The Morgan fingerprint density at radius 3 is 2.80 bits per heavy atom. The molecule has 0 aromatic carbocycles. The molecule has 0 amide bonds. The van der Waals surface area contributed by atoms with Gasteiger partial charge in [0.25, 0.3) is 5.88 Å². The van der Waals surface area contributed by atoms with E-state index >= 15 is 0 Å². The Balaban J connectivity index is 3.01. The fraction of sp³-hybridized carbons (Fsp3) is 0.500. The molecule has 0 aliphatic rings. The molecule has 1 rings (SSSR count). The van der Waals surface area contributed by atoms with E-state index in [-0.39, 0.29) is 0 Å². The van der Waals surface area contributed by atoms with Crippen LogP contribution in [0, 0.1) is 6.92 Å². The molecule has 0 aliphatic heterocycles. The number of alkyl halides is 1. The normalized spacial score (nSPS) is 9.90. The van der Waals surface area contributed by atoms with E-state index in [1.165, 1.54) is 0 Å². The van der Waals surface area contributed by atoms with Crippen molar-refractivity contribution in [2.75, 3.05) is 7.11 Å². The van der Waals surface area contributed by atoms with Gasteiger partial charge in [0.15, 0.2) is 0 Å². The summed E-state index contributed by atoms with van der Waals surface area (Å²) in [5.74, 6) is 1.36. The van der Waals surface area contributed by atoms with Gasteiger partial charge in [-0.1, -0.05) is 15.9 Å². The van der Waals surface area contributed by atoms with Gasteiger partial charge in [-0.3, -0.25) is 0 Å². The second-order valence-corrected chi connectivity index (χ2v) is 2.42. The molecule has 0 atom stereocenters. The minimum atomic E-state index is 0.564. The van der Waals surface area contributed by atoms with Crippen LogP contribution in [0.15, 0.2) is 4.52 Å². The van der Waals surface area contributed by atoms with E-state index in [0.29, 0.717) is 11.2 Å². The summed E-state index contributed by atoms with van der Waals surface area (Å²) in [4.78, 5) is 0. The van der Waals surface area contributed by atoms with Crippen LogP contribution in [-0.4, -0.2) is 12.3 Å². The summed E-state index contributed by atoms with van der Waals surface area (Å²) in [6.07, 6.45) is 0. The monoisotopic (exact) mass is 205 g/mol. The molecule has 0 saturated heterocycles. The van der Waals surface area contributed by atoms with Crippen molar-refractivity contribution in [3.8, 4) is 5.88 Å². The van der Waals surface area contributed by atoms with Crippen molar-refractivity contribution < 1.29 is 9.26 Å². The summed E-state index contributed by atoms with van der Waals surface area (Å²) in [7, 11) is 1.57. The number of rotatable bonds is 2. The number of methoxy groups -OCH3 is 1. The number of hydrogen-bond acceptors (Lipinski definition) is 3. The maximum atomic E-state index is 4.92. The van der Waals surface area contributed by atoms with Gasteiger partial charge in [-0.05, 0) is 12.1 Å². The van der Waals surface area contributed by atoms with Crippen LogP contribution < -0.4 is 4.74 Å². The number of ether oxygens (including phenoxy) is 1. The third-order valence-electron chi connectivity index (χ3n) is 1.28. The molecule has 0 spiro atoms. The number of halogens is 1. The average molecular weight is 206 g/mol. The Hall–Kier alpha value is -0.510. The van der Waals surface area contributed by atoms with Gasteiger partial charge >= 0.3 is 0 Å². The molecular formula is C6H8BrNO2. The van der Waals surface area contributed by atoms with Gasteiger partial charge in [0.05, 0.1) is 12.7 Å². The first-order chi connectivity index (χ1) is 4.79. The lowest BCUT2D eigenvalue weighted by molar-refractivity contribution is 0.331. The van der Waals surface area contributed by atoms with Crippen molar-refractivity contribution in [1.82, 2.24) is 5.16 Å². The standard InChI is InChI=1S/C6H8BrNO2/c1-4-5(3-7)6(9-2)8-10-4/h3H2,1-2H3. The van der Waals surface area contributed by atoms with E-state index in [1.54, 1.807) is 7.11 Å². The predicted molar refractivity (Wildman–Crippen MR) is 40.4 cm³/mol. The van der Waals surface area contributed by atoms with Crippen LogP contribution in [0.25, 0.3) is 0 Å². The number of aromatic nitrogens is 1. The van der Waals surface area contributed by atoms with E-state index in [9.17, 15) is 0 Å². The van der Waals surface area contributed by atoms with E-state index < -0.39 is 0 Å². The number of aryl methyl sites for hydroxylation is 1. The molecule has 0 aliphatic carbocycles. The summed E-state index contributed by atoms with van der Waals surface area (Å²) in [5.41, 5.74) is 0.975. The minimum absolute atomic E-state index is 0.564. The first kappa shape index (κ1) is 7.60. The van der Waals surface area contributed by atoms with Gasteiger partial charge in [0.1, 0.15) is 5.76 Å². The fourth-order valence-electron chi connectivity index (χ4n) is 0.682. The van der Waals surface area contributed by atoms with Gasteiger partial charge in [0, 0.05) is 5.33 Å². The van der Waals surface area contributed by atoms with E-state index in [2.05, 4.69) is 21.1 Å². The van der Waals surface area contributed by atoms with Crippen LogP contribution in [0.4, 0.5) is 0 Å². The highest BCUT2D eigenvalue weighted by molar-refractivity contribution is 9.08. The fourth-order valence-corrected chi connectivity index (χ4v) is 1.32. The maximum absolute atomic E-state index is 4.92. The molecule has 3 nitrogen and oxygen atoms in total. The number of nitrogens with zero attached hydrogens (tertiary/aromatic N) is 1. The highest BCUT2D eigenvalue weighted by Crippen LogP contribution is 2.22. The summed E-state index contributed by atoms with van der Waals surface area (Å²) < 4.78 is 9.79. The lowest BCUT2D eigenvalue weighted by atomic mass is 10.3. The Kier molecular flexibility index (Phi) is 2.32. The predicted octanol–water partition coefficient (Wildman–Crippen LogP) is 1.89.